The number of carbonyl (C=O) groups is 2. The Balaban J connectivity index is 2.58. The largest absolute Gasteiger partial charge is 0.477 e. The molecule has 0 aliphatic rings. The van der Waals surface area contributed by atoms with Gasteiger partial charge in [0.1, 0.15) is 5.69 Å². The van der Waals surface area contributed by atoms with Crippen LogP contribution in [0.5, 0.6) is 0 Å². The Bertz CT molecular complexity index is 490. The van der Waals surface area contributed by atoms with Gasteiger partial charge in [-0.25, -0.2) is 4.79 Å². The molecule has 0 radical (unpaired) electrons. The maximum Gasteiger partial charge on any atom is 0.352 e. The van der Waals surface area contributed by atoms with Gasteiger partial charge in [0.05, 0.1) is 5.56 Å². The zero-order valence-corrected chi connectivity index (χ0v) is 12.7. The highest BCUT2D eigenvalue weighted by atomic mass is 16.4. The van der Waals surface area contributed by atoms with Gasteiger partial charge in [0.25, 0.3) is 5.91 Å². The molecule has 0 aromatic carbocycles. The minimum atomic E-state index is -1.04. The van der Waals surface area contributed by atoms with Gasteiger partial charge in [0, 0.05) is 12.2 Å². The molecule has 1 heterocycles. The number of hydrogen-bond acceptors (Lipinski definition) is 2. The average molecular weight is 280 g/mol. The summed E-state index contributed by atoms with van der Waals surface area (Å²) in [6, 6.07) is 0. The van der Waals surface area contributed by atoms with Crippen LogP contribution in [0.3, 0.4) is 0 Å². The molecule has 5 nitrogen and oxygen atoms in total. The van der Waals surface area contributed by atoms with Crippen molar-refractivity contribution in [3.63, 3.8) is 0 Å². The molecule has 1 aromatic heterocycles. The zero-order valence-electron chi connectivity index (χ0n) is 12.7. The highest BCUT2D eigenvalue weighted by Crippen LogP contribution is 2.17. The highest BCUT2D eigenvalue weighted by molar-refractivity contribution is 6.00. The van der Waals surface area contributed by atoms with Crippen molar-refractivity contribution in [2.24, 2.45) is 5.92 Å². The van der Waals surface area contributed by atoms with Gasteiger partial charge < -0.3 is 15.4 Å². The van der Waals surface area contributed by atoms with Gasteiger partial charge in [-0.3, -0.25) is 4.79 Å². The Morgan fingerprint density at radius 3 is 2.40 bits per heavy atom. The number of H-pyrrole nitrogens is 1. The van der Waals surface area contributed by atoms with Crippen LogP contribution in [-0.2, 0) is 0 Å². The molecule has 20 heavy (non-hydrogen) atoms. The highest BCUT2D eigenvalue weighted by Gasteiger charge is 2.21. The molecule has 1 amide bonds. The van der Waals surface area contributed by atoms with Crippen LogP contribution >= 0.6 is 0 Å². The molecular weight excluding hydrogens is 256 g/mol. The standard InChI is InChI=1S/C15H24N2O3/c1-9(2)7-5-6-8-16-14(18)12-10(3)13(15(19)20)17-11(12)4/h9,17H,5-8H2,1-4H3,(H,16,18)(H,19,20). The maximum absolute atomic E-state index is 12.1. The summed E-state index contributed by atoms with van der Waals surface area (Å²) in [5.41, 5.74) is 1.63. The third kappa shape index (κ3) is 4.11. The molecule has 0 unspecified atom stereocenters. The van der Waals surface area contributed by atoms with Gasteiger partial charge >= 0.3 is 5.97 Å². The molecule has 0 spiro atoms. The first-order valence-electron chi connectivity index (χ1n) is 7.05. The second-order valence-corrected chi connectivity index (χ2v) is 5.58. The minimum Gasteiger partial charge on any atom is -0.477 e. The van der Waals surface area contributed by atoms with E-state index in [-0.39, 0.29) is 11.6 Å². The predicted molar refractivity (Wildman–Crippen MR) is 78.2 cm³/mol. The van der Waals surface area contributed by atoms with Crippen molar-refractivity contribution in [3.8, 4) is 0 Å². The third-order valence-corrected chi connectivity index (χ3v) is 3.37. The smallest absolute Gasteiger partial charge is 0.352 e. The molecule has 0 saturated heterocycles. The zero-order chi connectivity index (χ0) is 15.3. The molecule has 112 valence electrons. The van der Waals surface area contributed by atoms with Crippen LogP contribution in [0.25, 0.3) is 0 Å². The van der Waals surface area contributed by atoms with Crippen LogP contribution in [-0.4, -0.2) is 28.5 Å². The summed E-state index contributed by atoms with van der Waals surface area (Å²) in [4.78, 5) is 25.9. The average Bonchev–Trinajstić information content (AvgIpc) is 2.64. The van der Waals surface area contributed by atoms with Crippen molar-refractivity contribution in [1.82, 2.24) is 10.3 Å². The number of nitrogens with one attached hydrogen (secondary N) is 2. The fraction of sp³-hybridized carbons (Fsp3) is 0.600. The molecule has 1 rings (SSSR count). The normalized spacial score (nSPS) is 10.8. The SMILES string of the molecule is Cc1[nH]c(C(=O)O)c(C)c1C(=O)NCCCCC(C)C. The summed E-state index contributed by atoms with van der Waals surface area (Å²) in [6.45, 7) is 8.35. The fourth-order valence-corrected chi connectivity index (χ4v) is 2.27. The summed E-state index contributed by atoms with van der Waals surface area (Å²) in [7, 11) is 0. The van der Waals surface area contributed by atoms with Crippen molar-refractivity contribution < 1.29 is 14.7 Å². The fourth-order valence-electron chi connectivity index (χ4n) is 2.27. The van der Waals surface area contributed by atoms with E-state index in [0.717, 1.165) is 19.3 Å². The molecule has 0 saturated carbocycles. The minimum absolute atomic E-state index is 0.0902. The summed E-state index contributed by atoms with van der Waals surface area (Å²) in [5.74, 6) is -0.562. The van der Waals surface area contributed by atoms with E-state index in [9.17, 15) is 9.59 Å². The van der Waals surface area contributed by atoms with Gasteiger partial charge in [0.15, 0.2) is 0 Å². The van der Waals surface area contributed by atoms with Crippen molar-refractivity contribution in [2.45, 2.75) is 47.0 Å². The van der Waals surface area contributed by atoms with E-state index < -0.39 is 5.97 Å². The van der Waals surface area contributed by atoms with Gasteiger partial charge in [-0.15, -0.1) is 0 Å². The van der Waals surface area contributed by atoms with Crippen molar-refractivity contribution in [1.29, 1.82) is 0 Å². The Kier molecular flexibility index (Phi) is 5.80. The van der Waals surface area contributed by atoms with Crippen LogP contribution in [0.4, 0.5) is 0 Å². The molecule has 1 aromatic rings. The summed E-state index contributed by atoms with van der Waals surface area (Å²) < 4.78 is 0. The summed E-state index contributed by atoms with van der Waals surface area (Å²) >= 11 is 0. The number of aromatic carboxylic acids is 1. The number of hydrogen-bond donors (Lipinski definition) is 3. The maximum atomic E-state index is 12.1. The van der Waals surface area contributed by atoms with Gasteiger partial charge in [-0.05, 0) is 31.7 Å². The molecule has 0 aliphatic carbocycles. The lowest BCUT2D eigenvalue weighted by molar-refractivity contribution is 0.0690. The molecule has 0 fully saturated rings. The van der Waals surface area contributed by atoms with Crippen LogP contribution in [0.2, 0.25) is 0 Å². The van der Waals surface area contributed by atoms with E-state index in [4.69, 9.17) is 5.11 Å². The molecule has 0 atom stereocenters. The number of carbonyl (C=O) groups excluding carboxylic acids is 1. The number of rotatable bonds is 7. The van der Waals surface area contributed by atoms with Crippen molar-refractivity contribution >= 4 is 11.9 Å². The van der Waals surface area contributed by atoms with Crippen LogP contribution < -0.4 is 5.32 Å². The number of carboxylic acid groups (broad SMARTS) is 1. The topological polar surface area (TPSA) is 82.2 Å². The number of unbranched alkanes of at least 4 members (excludes halogenated alkanes) is 1. The number of aromatic nitrogens is 1. The summed E-state index contributed by atoms with van der Waals surface area (Å²) in [5, 5.41) is 11.9. The lowest BCUT2D eigenvalue weighted by atomic mass is 10.1. The van der Waals surface area contributed by atoms with Crippen LogP contribution in [0.1, 0.15) is 65.2 Å². The lowest BCUT2D eigenvalue weighted by Crippen LogP contribution is -2.25. The number of aryl methyl sites for hydroxylation is 1. The van der Waals surface area contributed by atoms with Crippen molar-refractivity contribution in [2.75, 3.05) is 6.54 Å². The van der Waals surface area contributed by atoms with E-state index in [0.29, 0.717) is 29.3 Å². The number of carboxylic acids is 1. The quantitative estimate of drug-likeness (QED) is 0.672. The Morgan fingerprint density at radius 1 is 1.25 bits per heavy atom. The van der Waals surface area contributed by atoms with E-state index >= 15 is 0 Å². The van der Waals surface area contributed by atoms with Gasteiger partial charge in [-0.1, -0.05) is 26.7 Å². The molecular formula is C15H24N2O3. The molecule has 0 aliphatic heterocycles. The van der Waals surface area contributed by atoms with Gasteiger partial charge in [0.2, 0.25) is 0 Å². The van der Waals surface area contributed by atoms with Gasteiger partial charge in [-0.2, -0.15) is 0 Å². The first-order chi connectivity index (χ1) is 9.34. The monoisotopic (exact) mass is 280 g/mol. The molecule has 0 bridgehead atoms. The van der Waals surface area contributed by atoms with E-state index in [1.165, 1.54) is 0 Å². The van der Waals surface area contributed by atoms with E-state index in [1.807, 2.05) is 0 Å². The Labute approximate surface area is 119 Å². The third-order valence-electron chi connectivity index (χ3n) is 3.37. The predicted octanol–water partition coefficient (Wildman–Crippen LogP) is 2.89. The first-order valence-corrected chi connectivity index (χ1v) is 7.05. The van der Waals surface area contributed by atoms with Crippen LogP contribution in [0, 0.1) is 19.8 Å². The lowest BCUT2D eigenvalue weighted by Gasteiger charge is -2.07. The Morgan fingerprint density at radius 2 is 1.90 bits per heavy atom. The molecule has 3 N–H and O–H groups in total. The number of aromatic amines is 1. The molecule has 5 heteroatoms. The first kappa shape index (κ1) is 16.3. The van der Waals surface area contributed by atoms with Crippen LogP contribution in [0.15, 0.2) is 0 Å². The van der Waals surface area contributed by atoms with Crippen molar-refractivity contribution in [3.05, 3.63) is 22.5 Å². The summed E-state index contributed by atoms with van der Waals surface area (Å²) in [6.07, 6.45) is 3.18. The van der Waals surface area contributed by atoms with E-state index in [2.05, 4.69) is 24.1 Å². The second kappa shape index (κ2) is 7.12. The Hall–Kier alpha value is -1.78. The number of amides is 1. The van der Waals surface area contributed by atoms with E-state index in [1.54, 1.807) is 13.8 Å². The second-order valence-electron chi connectivity index (χ2n) is 5.58.